The lowest BCUT2D eigenvalue weighted by Crippen LogP contribution is -2.34. The van der Waals surface area contributed by atoms with Gasteiger partial charge in [-0.1, -0.05) is 65.7 Å². The van der Waals surface area contributed by atoms with E-state index in [9.17, 15) is 22.8 Å². The molecule has 0 aromatic heterocycles. The largest absolute Gasteiger partial charge is 0.399 e. The third-order valence-corrected chi connectivity index (χ3v) is 5.44. The summed E-state index contributed by atoms with van der Waals surface area (Å²) in [4.78, 5) is 23.8. The summed E-state index contributed by atoms with van der Waals surface area (Å²) in [5.74, 6) is -3.06. The molecule has 0 aliphatic heterocycles. The molecule has 0 saturated heterocycles. The van der Waals surface area contributed by atoms with Crippen LogP contribution in [0.1, 0.15) is 34.3 Å². The Morgan fingerprint density at radius 2 is 1.66 bits per heavy atom. The van der Waals surface area contributed by atoms with Gasteiger partial charge in [0, 0.05) is 12.1 Å². The van der Waals surface area contributed by atoms with Crippen molar-refractivity contribution >= 4 is 52.7 Å². The van der Waals surface area contributed by atoms with Crippen LogP contribution in [-0.4, -0.2) is 24.5 Å². The summed E-state index contributed by atoms with van der Waals surface area (Å²) in [6, 6.07) is 8.00. The van der Waals surface area contributed by atoms with Gasteiger partial charge in [-0.05, 0) is 42.3 Å². The molecule has 0 spiro atoms. The Bertz CT molecular complexity index is 1030. The van der Waals surface area contributed by atoms with Crippen LogP contribution in [0.15, 0.2) is 54.8 Å². The smallest absolute Gasteiger partial charge is 0.351 e. The van der Waals surface area contributed by atoms with Crippen molar-refractivity contribution in [2.45, 2.75) is 19.0 Å². The highest BCUT2D eigenvalue weighted by molar-refractivity contribution is 6.48. The number of halogens is 6. The molecule has 1 unspecified atom stereocenters. The first-order chi connectivity index (χ1) is 14.9. The highest BCUT2D eigenvalue weighted by Gasteiger charge is 2.39. The molecule has 2 aromatic carbocycles. The Hall–Kier alpha value is -2.48. The van der Waals surface area contributed by atoms with Crippen molar-refractivity contribution < 1.29 is 22.8 Å². The Morgan fingerprint density at radius 1 is 1.09 bits per heavy atom. The molecule has 0 aliphatic carbocycles. The Labute approximate surface area is 198 Å². The van der Waals surface area contributed by atoms with Crippen molar-refractivity contribution in [2.75, 3.05) is 6.54 Å². The average Bonchev–Trinajstić information content (AvgIpc) is 2.71. The summed E-state index contributed by atoms with van der Waals surface area (Å²) in [5.41, 5.74) is 0.350. The topological polar surface area (TPSA) is 58.2 Å². The highest BCUT2D eigenvalue weighted by atomic mass is 35.5. The van der Waals surface area contributed by atoms with E-state index in [0.717, 1.165) is 18.2 Å². The quantitative estimate of drug-likeness (QED) is 0.339. The van der Waals surface area contributed by atoms with Crippen LogP contribution in [0.4, 0.5) is 13.2 Å². The first-order valence-corrected chi connectivity index (χ1v) is 10.3. The molecule has 2 amide bonds. The zero-order valence-corrected chi connectivity index (χ0v) is 19.0. The fourth-order valence-corrected chi connectivity index (χ4v) is 3.26. The number of hydrogen-bond acceptors (Lipinski definition) is 2. The predicted molar refractivity (Wildman–Crippen MR) is 121 cm³/mol. The number of likely N-dealkylation sites (N-methyl/N-ethyl adjacent to an activating group) is 1. The molecule has 2 aromatic rings. The van der Waals surface area contributed by atoms with Gasteiger partial charge in [0.15, 0.2) is 0 Å². The molecular weight excluding hydrogens is 488 g/mol. The zero-order valence-electron chi connectivity index (χ0n) is 16.7. The van der Waals surface area contributed by atoms with E-state index in [-0.39, 0.29) is 31.9 Å². The van der Waals surface area contributed by atoms with Crippen LogP contribution in [-0.2, 0) is 4.79 Å². The van der Waals surface area contributed by atoms with Crippen molar-refractivity contribution in [1.29, 1.82) is 0 Å². The van der Waals surface area contributed by atoms with Crippen LogP contribution in [0, 0.1) is 0 Å². The summed E-state index contributed by atoms with van der Waals surface area (Å²) >= 11 is 17.6. The van der Waals surface area contributed by atoms with Gasteiger partial charge in [0.05, 0.1) is 26.7 Å². The van der Waals surface area contributed by atoms with Gasteiger partial charge in [-0.2, -0.15) is 13.2 Å². The zero-order chi connectivity index (χ0) is 24.1. The summed E-state index contributed by atoms with van der Waals surface area (Å²) in [5, 5.41) is 4.67. The lowest BCUT2D eigenvalue weighted by atomic mass is 9.97. The predicted octanol–water partition coefficient (Wildman–Crippen LogP) is 6.39. The van der Waals surface area contributed by atoms with Crippen LogP contribution in [0.2, 0.25) is 15.1 Å². The highest BCUT2D eigenvalue weighted by Crippen LogP contribution is 2.41. The number of allylic oxidation sites excluding steroid dienone is 1. The third kappa shape index (κ3) is 6.76. The maximum absolute atomic E-state index is 13.6. The Morgan fingerprint density at radius 3 is 2.16 bits per heavy atom. The van der Waals surface area contributed by atoms with E-state index < -0.39 is 23.9 Å². The van der Waals surface area contributed by atoms with Crippen molar-refractivity contribution in [3.63, 3.8) is 0 Å². The minimum atomic E-state index is -4.60. The second kappa shape index (κ2) is 10.9. The molecule has 0 aliphatic rings. The van der Waals surface area contributed by atoms with E-state index in [0.29, 0.717) is 12.1 Å². The SMILES string of the molecule is C=C(NC(=O)c1ccc(/C=C/C(c2cc(Cl)c(Cl)c(Cl)c2)C(F)(F)F)cc1)C(=O)NCC. The van der Waals surface area contributed by atoms with Gasteiger partial charge in [-0.3, -0.25) is 9.59 Å². The van der Waals surface area contributed by atoms with Crippen LogP contribution >= 0.6 is 34.8 Å². The molecule has 0 bridgehead atoms. The minimum absolute atomic E-state index is 0.0225. The Kier molecular flexibility index (Phi) is 8.78. The molecule has 32 heavy (non-hydrogen) atoms. The normalized spacial score (nSPS) is 12.5. The van der Waals surface area contributed by atoms with E-state index in [1.54, 1.807) is 6.92 Å². The van der Waals surface area contributed by atoms with Crippen LogP contribution in [0.25, 0.3) is 6.08 Å². The molecule has 2 N–H and O–H groups in total. The molecule has 0 heterocycles. The van der Waals surface area contributed by atoms with Crippen molar-refractivity contribution in [1.82, 2.24) is 10.6 Å². The molecule has 0 fully saturated rings. The van der Waals surface area contributed by atoms with Gasteiger partial charge >= 0.3 is 6.18 Å². The summed E-state index contributed by atoms with van der Waals surface area (Å²) in [6.45, 7) is 5.58. The van der Waals surface area contributed by atoms with Gasteiger partial charge in [0.2, 0.25) is 0 Å². The maximum atomic E-state index is 13.6. The average molecular weight is 506 g/mol. The molecule has 4 nitrogen and oxygen atoms in total. The lowest BCUT2D eigenvalue weighted by molar-refractivity contribution is -0.139. The molecule has 1 atom stereocenters. The Balaban J connectivity index is 2.20. The van der Waals surface area contributed by atoms with Crippen LogP contribution in [0.5, 0.6) is 0 Å². The fourth-order valence-electron chi connectivity index (χ4n) is 2.65. The van der Waals surface area contributed by atoms with E-state index in [4.69, 9.17) is 34.8 Å². The number of rotatable bonds is 7. The van der Waals surface area contributed by atoms with Crippen LogP contribution < -0.4 is 10.6 Å². The van der Waals surface area contributed by atoms with Gasteiger partial charge in [-0.15, -0.1) is 0 Å². The molecule has 10 heteroatoms. The number of alkyl halides is 3. The minimum Gasteiger partial charge on any atom is -0.351 e. The van der Waals surface area contributed by atoms with Gasteiger partial charge < -0.3 is 10.6 Å². The molecule has 2 rings (SSSR count). The standard InChI is InChI=1S/C22H18Cl3F3N2O2/c1-3-29-20(31)12(2)30-21(32)14-7-4-13(5-8-14)6-9-16(22(26,27)28)15-10-17(23)19(25)18(24)11-15/h4-11,16H,2-3H2,1H3,(H,29,31)(H,30,32)/b9-6+. The van der Waals surface area contributed by atoms with Crippen molar-refractivity contribution in [3.05, 3.63) is 86.5 Å². The van der Waals surface area contributed by atoms with Gasteiger partial charge in [0.25, 0.3) is 11.8 Å². The number of nitrogens with one attached hydrogen (secondary N) is 2. The molecule has 0 radical (unpaired) electrons. The van der Waals surface area contributed by atoms with E-state index >= 15 is 0 Å². The summed E-state index contributed by atoms with van der Waals surface area (Å²) in [6.07, 6.45) is -2.37. The monoisotopic (exact) mass is 504 g/mol. The number of amides is 2. The summed E-state index contributed by atoms with van der Waals surface area (Å²) in [7, 11) is 0. The summed E-state index contributed by atoms with van der Waals surface area (Å²) < 4.78 is 40.9. The van der Waals surface area contributed by atoms with E-state index in [2.05, 4.69) is 17.2 Å². The van der Waals surface area contributed by atoms with Crippen LogP contribution in [0.3, 0.4) is 0 Å². The fraction of sp³-hybridized carbons (Fsp3) is 0.182. The lowest BCUT2D eigenvalue weighted by Gasteiger charge is -2.18. The first-order valence-electron chi connectivity index (χ1n) is 9.22. The maximum Gasteiger partial charge on any atom is 0.399 e. The number of benzene rings is 2. The first kappa shape index (κ1) is 25.8. The van der Waals surface area contributed by atoms with Gasteiger partial charge in [-0.25, -0.2) is 0 Å². The molecule has 170 valence electrons. The second-order valence-electron chi connectivity index (χ2n) is 6.59. The van der Waals surface area contributed by atoms with Crippen molar-refractivity contribution in [3.8, 4) is 0 Å². The van der Waals surface area contributed by atoms with E-state index in [1.807, 2.05) is 0 Å². The van der Waals surface area contributed by atoms with Crippen molar-refractivity contribution in [2.24, 2.45) is 0 Å². The second-order valence-corrected chi connectivity index (χ2v) is 7.78. The molecule has 0 saturated carbocycles. The number of carbonyl (C=O) groups is 2. The number of hydrogen-bond donors (Lipinski definition) is 2. The third-order valence-electron chi connectivity index (χ3n) is 4.25. The van der Waals surface area contributed by atoms with E-state index in [1.165, 1.54) is 30.3 Å². The van der Waals surface area contributed by atoms with Gasteiger partial charge in [0.1, 0.15) is 0 Å². The number of carbonyl (C=O) groups excluding carboxylic acids is 2. The molecular formula is C22H18Cl3F3N2O2.